The van der Waals surface area contributed by atoms with Gasteiger partial charge in [0, 0.05) is 12.3 Å². The molecule has 2 aromatic rings. The summed E-state index contributed by atoms with van der Waals surface area (Å²) in [5.41, 5.74) is 4.40. The summed E-state index contributed by atoms with van der Waals surface area (Å²) in [6.45, 7) is 3.79. The number of hydrogen-bond donors (Lipinski definition) is 3. The molecule has 7 nitrogen and oxygen atoms in total. The first-order valence-electron chi connectivity index (χ1n) is 11.0. The number of aliphatic carboxylic acids is 1. The minimum absolute atomic E-state index is 0.106. The van der Waals surface area contributed by atoms with Crippen LogP contribution in [-0.4, -0.2) is 41.8 Å². The molecule has 2 aromatic carbocycles. The summed E-state index contributed by atoms with van der Waals surface area (Å²) in [4.78, 5) is 36.7. The normalized spacial score (nSPS) is 14.7. The quantitative estimate of drug-likeness (QED) is 0.509. The number of carbonyl (C=O) groups is 3. The topological polar surface area (TPSA) is 105 Å². The fraction of sp³-hybridized carbons (Fsp3) is 0.346. The number of carboxylic acids is 1. The van der Waals surface area contributed by atoms with Crippen molar-refractivity contribution >= 4 is 18.0 Å². The van der Waals surface area contributed by atoms with Crippen LogP contribution in [0.1, 0.15) is 43.7 Å². The van der Waals surface area contributed by atoms with E-state index >= 15 is 0 Å². The number of carboxylic acid groups (broad SMARTS) is 1. The Bertz CT molecular complexity index is 1030. The van der Waals surface area contributed by atoms with Gasteiger partial charge in [-0.15, -0.1) is 12.3 Å². The van der Waals surface area contributed by atoms with Crippen molar-refractivity contribution in [3.8, 4) is 23.5 Å². The molecule has 3 atom stereocenters. The van der Waals surface area contributed by atoms with Gasteiger partial charge in [-0.2, -0.15) is 0 Å². The van der Waals surface area contributed by atoms with E-state index in [4.69, 9.17) is 11.2 Å². The van der Waals surface area contributed by atoms with Gasteiger partial charge >= 0.3 is 12.1 Å². The van der Waals surface area contributed by atoms with Gasteiger partial charge in [0.25, 0.3) is 0 Å². The molecule has 0 bridgehead atoms. The fourth-order valence-corrected chi connectivity index (χ4v) is 4.05. The van der Waals surface area contributed by atoms with Gasteiger partial charge < -0.3 is 20.5 Å². The zero-order chi connectivity index (χ0) is 24.0. The lowest BCUT2D eigenvalue weighted by molar-refractivity contribution is -0.142. The molecule has 0 radical (unpaired) electrons. The molecule has 0 aromatic heterocycles. The molecule has 0 saturated heterocycles. The number of nitrogens with one attached hydrogen (secondary N) is 2. The standard InChI is InChI=1S/C26H28N2O5/c1-4-10-22(25(30)31)27-24(29)23(16(3)5-2)28-26(32)33-15-21-19-13-8-6-11-17(19)18-12-7-9-14-20(18)21/h1,6-9,11-14,16,21-23H,5,10,15H2,2-3H3,(H,27,29)(H,28,32)(H,30,31). The summed E-state index contributed by atoms with van der Waals surface area (Å²) < 4.78 is 5.54. The van der Waals surface area contributed by atoms with E-state index in [-0.39, 0.29) is 24.9 Å². The van der Waals surface area contributed by atoms with Crippen LogP contribution in [0.2, 0.25) is 0 Å². The fourth-order valence-electron chi connectivity index (χ4n) is 4.05. The van der Waals surface area contributed by atoms with Gasteiger partial charge in [-0.05, 0) is 28.2 Å². The number of ether oxygens (including phenoxy) is 1. The second-order valence-electron chi connectivity index (χ2n) is 8.14. The van der Waals surface area contributed by atoms with Gasteiger partial charge in [0.05, 0.1) is 0 Å². The number of hydrogen-bond acceptors (Lipinski definition) is 4. The highest BCUT2D eigenvalue weighted by molar-refractivity contribution is 5.89. The predicted octanol–water partition coefficient (Wildman–Crippen LogP) is 3.53. The van der Waals surface area contributed by atoms with Crippen molar-refractivity contribution in [1.82, 2.24) is 10.6 Å². The van der Waals surface area contributed by atoms with Crippen molar-refractivity contribution in [2.45, 2.75) is 44.7 Å². The average molecular weight is 449 g/mol. The van der Waals surface area contributed by atoms with Crippen LogP contribution < -0.4 is 10.6 Å². The number of alkyl carbamates (subject to hydrolysis) is 1. The third-order valence-electron chi connectivity index (χ3n) is 6.05. The summed E-state index contributed by atoms with van der Waals surface area (Å²) in [6.07, 6.45) is 4.90. The Hall–Kier alpha value is -3.79. The number of amides is 2. The maximum absolute atomic E-state index is 12.7. The molecule has 2 amide bonds. The number of rotatable bonds is 9. The largest absolute Gasteiger partial charge is 0.480 e. The van der Waals surface area contributed by atoms with Crippen LogP contribution in [0.25, 0.3) is 11.1 Å². The molecule has 1 aliphatic rings. The second kappa shape index (κ2) is 10.7. The van der Waals surface area contributed by atoms with E-state index in [2.05, 4.69) is 16.6 Å². The van der Waals surface area contributed by atoms with E-state index in [1.165, 1.54) is 0 Å². The summed E-state index contributed by atoms with van der Waals surface area (Å²) in [5, 5.41) is 14.3. The summed E-state index contributed by atoms with van der Waals surface area (Å²) in [6, 6.07) is 13.8. The van der Waals surface area contributed by atoms with E-state index in [0.717, 1.165) is 22.3 Å². The van der Waals surface area contributed by atoms with Gasteiger partial charge in [-0.25, -0.2) is 9.59 Å². The molecule has 7 heteroatoms. The van der Waals surface area contributed by atoms with Crippen molar-refractivity contribution in [3.63, 3.8) is 0 Å². The lowest BCUT2D eigenvalue weighted by Crippen LogP contribution is -2.54. The van der Waals surface area contributed by atoms with Gasteiger partial charge in [0.2, 0.25) is 5.91 Å². The highest BCUT2D eigenvalue weighted by Crippen LogP contribution is 2.44. The van der Waals surface area contributed by atoms with Gasteiger partial charge in [0.1, 0.15) is 18.7 Å². The van der Waals surface area contributed by atoms with Gasteiger partial charge in [0.15, 0.2) is 0 Å². The molecule has 3 unspecified atom stereocenters. The number of carbonyl (C=O) groups excluding carboxylic acids is 2. The predicted molar refractivity (Wildman–Crippen MR) is 124 cm³/mol. The third kappa shape index (κ3) is 5.35. The molecular formula is C26H28N2O5. The summed E-state index contributed by atoms with van der Waals surface area (Å²) in [5.74, 6) is 0.0457. The molecule has 0 saturated carbocycles. The minimum Gasteiger partial charge on any atom is -0.480 e. The molecular weight excluding hydrogens is 420 g/mol. The van der Waals surface area contributed by atoms with Gasteiger partial charge in [-0.3, -0.25) is 4.79 Å². The Balaban J connectivity index is 1.68. The molecule has 0 heterocycles. The van der Waals surface area contributed by atoms with E-state index in [0.29, 0.717) is 6.42 Å². The molecule has 0 fully saturated rings. The smallest absolute Gasteiger partial charge is 0.407 e. The molecule has 1 aliphatic carbocycles. The molecule has 0 aliphatic heterocycles. The van der Waals surface area contributed by atoms with E-state index in [1.807, 2.05) is 55.5 Å². The first-order chi connectivity index (χ1) is 15.9. The Labute approximate surface area is 193 Å². The van der Waals surface area contributed by atoms with Crippen LogP contribution in [0.4, 0.5) is 4.79 Å². The second-order valence-corrected chi connectivity index (χ2v) is 8.14. The maximum atomic E-state index is 12.7. The van der Waals surface area contributed by atoms with Crippen molar-refractivity contribution in [1.29, 1.82) is 0 Å². The molecule has 172 valence electrons. The summed E-state index contributed by atoms with van der Waals surface area (Å²) in [7, 11) is 0. The van der Waals surface area contributed by atoms with Crippen LogP contribution in [0.3, 0.4) is 0 Å². The molecule has 3 N–H and O–H groups in total. The van der Waals surface area contributed by atoms with Crippen molar-refractivity contribution in [3.05, 3.63) is 59.7 Å². The van der Waals surface area contributed by atoms with Crippen LogP contribution in [0, 0.1) is 18.3 Å². The maximum Gasteiger partial charge on any atom is 0.407 e. The van der Waals surface area contributed by atoms with Crippen LogP contribution >= 0.6 is 0 Å². The van der Waals surface area contributed by atoms with Crippen LogP contribution in [-0.2, 0) is 14.3 Å². The van der Waals surface area contributed by atoms with Gasteiger partial charge in [-0.1, -0.05) is 68.8 Å². The van der Waals surface area contributed by atoms with E-state index < -0.39 is 30.1 Å². The third-order valence-corrected chi connectivity index (χ3v) is 6.05. The lowest BCUT2D eigenvalue weighted by Gasteiger charge is -2.25. The molecule has 3 rings (SSSR count). The first kappa shape index (κ1) is 23.9. The molecule has 0 spiro atoms. The van der Waals surface area contributed by atoms with Crippen molar-refractivity contribution < 1.29 is 24.2 Å². The van der Waals surface area contributed by atoms with E-state index in [1.54, 1.807) is 6.92 Å². The van der Waals surface area contributed by atoms with Crippen LogP contribution in [0.5, 0.6) is 0 Å². The Morgan fingerprint density at radius 2 is 1.64 bits per heavy atom. The Morgan fingerprint density at radius 3 is 2.15 bits per heavy atom. The minimum atomic E-state index is -1.23. The zero-order valence-electron chi connectivity index (χ0n) is 18.7. The highest BCUT2D eigenvalue weighted by atomic mass is 16.5. The Morgan fingerprint density at radius 1 is 1.06 bits per heavy atom. The SMILES string of the molecule is C#CCC(NC(=O)C(NC(=O)OCC1c2ccccc2-c2ccccc21)C(C)CC)C(=O)O. The zero-order valence-corrected chi connectivity index (χ0v) is 18.7. The Kier molecular flexibility index (Phi) is 7.73. The number of terminal acetylenes is 1. The molecule has 33 heavy (non-hydrogen) atoms. The highest BCUT2D eigenvalue weighted by Gasteiger charge is 2.32. The monoisotopic (exact) mass is 448 g/mol. The van der Waals surface area contributed by atoms with Crippen LogP contribution in [0.15, 0.2) is 48.5 Å². The first-order valence-corrected chi connectivity index (χ1v) is 11.0. The number of fused-ring (bicyclic) bond motifs is 3. The van der Waals surface area contributed by atoms with E-state index in [9.17, 15) is 19.5 Å². The van der Waals surface area contributed by atoms with Crippen molar-refractivity contribution in [2.75, 3.05) is 6.61 Å². The number of benzene rings is 2. The summed E-state index contributed by atoms with van der Waals surface area (Å²) >= 11 is 0. The lowest BCUT2D eigenvalue weighted by atomic mass is 9.97. The van der Waals surface area contributed by atoms with Crippen molar-refractivity contribution in [2.24, 2.45) is 5.92 Å². The average Bonchev–Trinajstić information content (AvgIpc) is 3.14.